The first-order valence-electron chi connectivity index (χ1n) is 9.67. The van der Waals surface area contributed by atoms with Gasteiger partial charge in [-0.05, 0) is 55.5 Å². The molecule has 0 amide bonds. The fourth-order valence-corrected chi connectivity index (χ4v) is 6.66. The van der Waals surface area contributed by atoms with Crippen LogP contribution in [0.1, 0.15) is 16.1 Å². The molecule has 4 rings (SSSR count). The van der Waals surface area contributed by atoms with Crippen LogP contribution < -0.4 is 4.72 Å². The predicted octanol–water partition coefficient (Wildman–Crippen LogP) is 5.67. The minimum Gasteiger partial charge on any atom is -0.345 e. The van der Waals surface area contributed by atoms with Crippen LogP contribution in [-0.2, 0) is 23.5 Å². The Labute approximate surface area is 195 Å². The third-order valence-corrected chi connectivity index (χ3v) is 8.99. The fourth-order valence-electron chi connectivity index (χ4n) is 3.36. The molecule has 0 fully saturated rings. The molecule has 0 atom stereocenters. The third kappa shape index (κ3) is 4.63. The van der Waals surface area contributed by atoms with Gasteiger partial charge in [0.15, 0.2) is 0 Å². The van der Waals surface area contributed by atoms with Gasteiger partial charge in [-0.3, -0.25) is 0 Å². The quantitative estimate of drug-likeness (QED) is 0.362. The molecule has 31 heavy (non-hydrogen) atoms. The lowest BCUT2D eigenvalue weighted by Gasteiger charge is -2.07. The van der Waals surface area contributed by atoms with E-state index in [0.717, 1.165) is 22.0 Å². The number of aryl methyl sites for hydroxylation is 1. The highest BCUT2D eigenvalue weighted by molar-refractivity contribution is 7.89. The van der Waals surface area contributed by atoms with Crippen LogP contribution in [0.4, 0.5) is 0 Å². The number of benzene rings is 1. The number of rotatable bonds is 7. The van der Waals surface area contributed by atoms with Crippen molar-refractivity contribution in [3.05, 3.63) is 68.3 Å². The maximum absolute atomic E-state index is 13.0. The van der Waals surface area contributed by atoms with E-state index in [1.165, 1.54) is 21.8 Å². The molecule has 0 saturated heterocycles. The summed E-state index contributed by atoms with van der Waals surface area (Å²) in [5, 5.41) is 5.40. The molecule has 162 valence electrons. The maximum Gasteiger partial charge on any atom is 0.242 e. The van der Waals surface area contributed by atoms with Crippen molar-refractivity contribution in [3.8, 4) is 22.0 Å². The molecule has 0 unspecified atom stereocenters. The SMILES string of the molecule is Cc1ccsc1CCNS(=O)(=O)c1cc(-c2nc(-c3cccc(Cl)c3)cs2)n(C)c1C. The molecule has 0 aliphatic carbocycles. The summed E-state index contributed by atoms with van der Waals surface area (Å²) in [6.07, 6.45) is 0.678. The highest BCUT2D eigenvalue weighted by Gasteiger charge is 2.23. The van der Waals surface area contributed by atoms with Crippen molar-refractivity contribution in [2.24, 2.45) is 7.05 Å². The average molecular weight is 492 g/mol. The first kappa shape index (κ1) is 22.2. The number of halogens is 1. The lowest BCUT2D eigenvalue weighted by atomic mass is 10.2. The van der Waals surface area contributed by atoms with Gasteiger partial charge in [-0.15, -0.1) is 22.7 Å². The van der Waals surface area contributed by atoms with E-state index in [1.807, 2.05) is 66.6 Å². The van der Waals surface area contributed by atoms with E-state index in [1.54, 1.807) is 17.4 Å². The van der Waals surface area contributed by atoms with E-state index in [9.17, 15) is 8.42 Å². The minimum absolute atomic E-state index is 0.285. The Balaban J connectivity index is 1.57. The first-order chi connectivity index (χ1) is 14.8. The summed E-state index contributed by atoms with van der Waals surface area (Å²) < 4.78 is 30.6. The Morgan fingerprint density at radius 3 is 2.68 bits per heavy atom. The zero-order valence-corrected chi connectivity index (χ0v) is 20.6. The molecule has 1 N–H and O–H groups in total. The third-order valence-electron chi connectivity index (χ3n) is 5.23. The Morgan fingerprint density at radius 2 is 1.97 bits per heavy atom. The molecular weight excluding hydrogens is 470 g/mol. The van der Waals surface area contributed by atoms with Crippen molar-refractivity contribution in [1.29, 1.82) is 0 Å². The summed E-state index contributed by atoms with van der Waals surface area (Å²) >= 11 is 9.23. The highest BCUT2D eigenvalue weighted by atomic mass is 35.5. The van der Waals surface area contributed by atoms with Crippen molar-refractivity contribution in [1.82, 2.24) is 14.3 Å². The number of thiazole rings is 1. The summed E-state index contributed by atoms with van der Waals surface area (Å²) in [5.74, 6) is 0. The summed E-state index contributed by atoms with van der Waals surface area (Å²) in [6, 6.07) is 11.3. The lowest BCUT2D eigenvalue weighted by Crippen LogP contribution is -2.26. The van der Waals surface area contributed by atoms with Crippen molar-refractivity contribution in [2.75, 3.05) is 6.54 Å². The van der Waals surface area contributed by atoms with Crippen LogP contribution in [-0.4, -0.2) is 24.5 Å². The van der Waals surface area contributed by atoms with Crippen molar-refractivity contribution in [2.45, 2.75) is 25.2 Å². The smallest absolute Gasteiger partial charge is 0.242 e. The molecule has 9 heteroatoms. The van der Waals surface area contributed by atoms with E-state index in [0.29, 0.717) is 23.7 Å². The normalized spacial score (nSPS) is 11.9. The van der Waals surface area contributed by atoms with Crippen molar-refractivity contribution < 1.29 is 8.42 Å². The molecule has 0 radical (unpaired) electrons. The summed E-state index contributed by atoms with van der Waals surface area (Å²) in [7, 11) is -1.76. The van der Waals surface area contributed by atoms with Crippen molar-refractivity contribution in [3.63, 3.8) is 0 Å². The van der Waals surface area contributed by atoms with Crippen LogP contribution in [0, 0.1) is 13.8 Å². The minimum atomic E-state index is -3.62. The second kappa shape index (κ2) is 8.88. The van der Waals surface area contributed by atoms with Gasteiger partial charge in [0, 0.05) is 40.1 Å². The first-order valence-corrected chi connectivity index (χ1v) is 13.3. The van der Waals surface area contributed by atoms with Crippen LogP contribution in [0.5, 0.6) is 0 Å². The van der Waals surface area contributed by atoms with Gasteiger partial charge in [-0.1, -0.05) is 23.7 Å². The molecule has 0 aliphatic rings. The maximum atomic E-state index is 13.0. The molecule has 0 saturated carbocycles. The van der Waals surface area contributed by atoms with E-state index in [2.05, 4.69) is 4.72 Å². The van der Waals surface area contributed by atoms with Gasteiger partial charge in [-0.2, -0.15) is 0 Å². The van der Waals surface area contributed by atoms with Crippen LogP contribution >= 0.6 is 34.3 Å². The van der Waals surface area contributed by atoms with Gasteiger partial charge in [0.05, 0.1) is 11.4 Å². The predicted molar refractivity (Wildman–Crippen MR) is 130 cm³/mol. The van der Waals surface area contributed by atoms with Gasteiger partial charge in [0.1, 0.15) is 9.90 Å². The Morgan fingerprint density at radius 1 is 1.16 bits per heavy atom. The summed E-state index contributed by atoms with van der Waals surface area (Å²) in [4.78, 5) is 6.20. The number of aromatic nitrogens is 2. The summed E-state index contributed by atoms with van der Waals surface area (Å²) in [5.41, 5.74) is 4.38. The van der Waals surface area contributed by atoms with E-state index < -0.39 is 10.0 Å². The van der Waals surface area contributed by atoms with E-state index >= 15 is 0 Å². The molecular formula is C22H22ClN3O2S3. The van der Waals surface area contributed by atoms with Crippen LogP contribution in [0.25, 0.3) is 22.0 Å². The van der Waals surface area contributed by atoms with Crippen LogP contribution in [0.2, 0.25) is 5.02 Å². The van der Waals surface area contributed by atoms with Gasteiger partial charge < -0.3 is 4.57 Å². The molecule has 3 heterocycles. The van der Waals surface area contributed by atoms with Crippen molar-refractivity contribution >= 4 is 44.3 Å². The largest absolute Gasteiger partial charge is 0.345 e. The number of thiophene rings is 1. The molecule has 0 bridgehead atoms. The number of nitrogens with one attached hydrogen (secondary N) is 1. The second-order valence-corrected chi connectivity index (χ2v) is 11.3. The van der Waals surface area contributed by atoms with Gasteiger partial charge in [0.2, 0.25) is 10.0 Å². The summed E-state index contributed by atoms with van der Waals surface area (Å²) in [6.45, 7) is 4.22. The number of sulfonamides is 1. The Kier molecular flexibility index (Phi) is 6.37. The number of hydrogen-bond acceptors (Lipinski definition) is 5. The molecule has 5 nitrogen and oxygen atoms in total. The zero-order chi connectivity index (χ0) is 22.2. The standard InChI is InChI=1S/C22H22ClN3O2S3/c1-14-8-10-29-20(14)7-9-24-31(27,28)21-12-19(26(3)15(21)2)22-25-18(13-30-22)16-5-4-6-17(23)11-16/h4-6,8,10-13,24H,7,9H2,1-3H3. The average Bonchev–Trinajstić information content (AvgIpc) is 3.43. The fraction of sp³-hybridized carbons (Fsp3) is 0.227. The van der Waals surface area contributed by atoms with Crippen LogP contribution in [0.15, 0.2) is 52.1 Å². The zero-order valence-electron chi connectivity index (χ0n) is 17.3. The molecule has 0 spiro atoms. The lowest BCUT2D eigenvalue weighted by molar-refractivity contribution is 0.580. The monoisotopic (exact) mass is 491 g/mol. The van der Waals surface area contributed by atoms with E-state index in [-0.39, 0.29) is 4.90 Å². The Hall–Kier alpha value is -1.97. The molecule has 3 aromatic heterocycles. The van der Waals surface area contributed by atoms with Crippen LogP contribution in [0.3, 0.4) is 0 Å². The van der Waals surface area contributed by atoms with Gasteiger partial charge in [0.25, 0.3) is 0 Å². The van der Waals surface area contributed by atoms with Gasteiger partial charge >= 0.3 is 0 Å². The second-order valence-electron chi connectivity index (χ2n) is 7.26. The van der Waals surface area contributed by atoms with E-state index in [4.69, 9.17) is 16.6 Å². The molecule has 4 aromatic rings. The molecule has 0 aliphatic heterocycles. The molecule has 1 aromatic carbocycles. The Bertz CT molecular complexity index is 1340. The topological polar surface area (TPSA) is 64.0 Å². The number of hydrogen-bond donors (Lipinski definition) is 1. The van der Waals surface area contributed by atoms with Gasteiger partial charge in [-0.25, -0.2) is 18.1 Å². The highest BCUT2D eigenvalue weighted by Crippen LogP contribution is 2.33. The number of nitrogens with zero attached hydrogens (tertiary/aromatic N) is 2.